The third kappa shape index (κ3) is 3.07. The summed E-state index contributed by atoms with van der Waals surface area (Å²) in [4.78, 5) is 12.4. The molecule has 0 saturated carbocycles. The molecule has 5 nitrogen and oxygen atoms in total. The average Bonchev–Trinajstić information content (AvgIpc) is 3.15. The highest BCUT2D eigenvalue weighted by molar-refractivity contribution is 5.95. The predicted molar refractivity (Wildman–Crippen MR) is 95.3 cm³/mol. The van der Waals surface area contributed by atoms with Gasteiger partial charge in [0.15, 0.2) is 0 Å². The fourth-order valence-electron chi connectivity index (χ4n) is 2.77. The van der Waals surface area contributed by atoms with Crippen LogP contribution in [0.1, 0.15) is 43.0 Å². The smallest absolute Gasteiger partial charge is 0.230 e. The van der Waals surface area contributed by atoms with E-state index in [9.17, 15) is 4.79 Å². The van der Waals surface area contributed by atoms with Crippen LogP contribution in [0.15, 0.2) is 35.1 Å². The van der Waals surface area contributed by atoms with Crippen molar-refractivity contribution in [1.29, 1.82) is 0 Å². The van der Waals surface area contributed by atoms with E-state index in [1.807, 2.05) is 16.8 Å². The van der Waals surface area contributed by atoms with Crippen LogP contribution in [0.5, 0.6) is 0 Å². The lowest BCUT2D eigenvalue weighted by Gasteiger charge is -2.14. The summed E-state index contributed by atoms with van der Waals surface area (Å²) in [5.41, 5.74) is 4.11. The van der Waals surface area contributed by atoms with E-state index in [-0.39, 0.29) is 18.4 Å². The largest absolute Gasteiger partial charge is 0.464 e. The fourth-order valence-corrected chi connectivity index (χ4v) is 2.77. The number of carbonyl (C=O) groups excluding carboxylic acids is 1. The van der Waals surface area contributed by atoms with E-state index in [0.717, 1.165) is 28.8 Å². The van der Waals surface area contributed by atoms with Gasteiger partial charge >= 0.3 is 0 Å². The molecule has 1 atom stereocenters. The molecule has 0 radical (unpaired) electrons. The van der Waals surface area contributed by atoms with Gasteiger partial charge in [-0.2, -0.15) is 5.10 Å². The van der Waals surface area contributed by atoms with E-state index in [4.69, 9.17) is 4.42 Å². The molecule has 1 amide bonds. The van der Waals surface area contributed by atoms with Crippen LogP contribution in [0, 0.1) is 13.8 Å². The maximum atomic E-state index is 12.4. The summed E-state index contributed by atoms with van der Waals surface area (Å²) >= 11 is 0. The molecule has 0 saturated heterocycles. The quantitative estimate of drug-likeness (QED) is 0.756. The lowest BCUT2D eigenvalue weighted by atomic mass is 10.0. The van der Waals surface area contributed by atoms with Gasteiger partial charge in [0.1, 0.15) is 11.4 Å². The van der Waals surface area contributed by atoms with Gasteiger partial charge in [0, 0.05) is 17.0 Å². The number of hydrogen-bond donors (Lipinski definition) is 1. The van der Waals surface area contributed by atoms with Gasteiger partial charge in [0.25, 0.3) is 0 Å². The number of carbonyl (C=O) groups is 1. The Morgan fingerprint density at radius 3 is 2.83 bits per heavy atom. The first kappa shape index (κ1) is 16.3. The van der Waals surface area contributed by atoms with Gasteiger partial charge in [0.2, 0.25) is 5.91 Å². The first-order chi connectivity index (χ1) is 11.5. The zero-order valence-corrected chi connectivity index (χ0v) is 14.6. The minimum atomic E-state index is -0.0685. The maximum Gasteiger partial charge on any atom is 0.230 e. The van der Waals surface area contributed by atoms with Gasteiger partial charge in [0.05, 0.1) is 24.9 Å². The van der Waals surface area contributed by atoms with Crippen molar-refractivity contribution < 1.29 is 9.21 Å². The summed E-state index contributed by atoms with van der Waals surface area (Å²) in [6, 6.07) is 6.17. The zero-order chi connectivity index (χ0) is 17.3. The highest BCUT2D eigenvalue weighted by Crippen LogP contribution is 2.25. The van der Waals surface area contributed by atoms with Crippen molar-refractivity contribution in [2.45, 2.75) is 46.6 Å². The van der Waals surface area contributed by atoms with Crippen LogP contribution in [0.25, 0.3) is 11.0 Å². The number of aryl methyl sites for hydroxylation is 2. The lowest BCUT2D eigenvalue weighted by Crippen LogP contribution is -2.18. The molecule has 1 N–H and O–H groups in total. The normalized spacial score (nSPS) is 12.5. The first-order valence-electron chi connectivity index (χ1n) is 8.30. The molecule has 2 aromatic heterocycles. The molecular weight excluding hydrogens is 302 g/mol. The summed E-state index contributed by atoms with van der Waals surface area (Å²) in [6.07, 6.45) is 4.62. The molecule has 1 aromatic carbocycles. The van der Waals surface area contributed by atoms with E-state index in [1.165, 1.54) is 11.1 Å². The molecule has 2 heterocycles. The predicted octanol–water partition coefficient (Wildman–Crippen LogP) is 4.40. The number of hydrogen-bond acceptors (Lipinski definition) is 3. The molecule has 24 heavy (non-hydrogen) atoms. The van der Waals surface area contributed by atoms with Crippen LogP contribution >= 0.6 is 0 Å². The van der Waals surface area contributed by atoms with Crippen molar-refractivity contribution in [3.63, 3.8) is 0 Å². The van der Waals surface area contributed by atoms with Gasteiger partial charge in [-0.3, -0.25) is 4.79 Å². The Balaban J connectivity index is 1.79. The molecule has 0 aliphatic heterocycles. The van der Waals surface area contributed by atoms with Crippen molar-refractivity contribution in [3.05, 3.63) is 47.3 Å². The Morgan fingerprint density at radius 1 is 1.33 bits per heavy atom. The molecule has 3 rings (SSSR count). The number of aromatic nitrogens is 2. The van der Waals surface area contributed by atoms with Gasteiger partial charge in [-0.25, -0.2) is 4.68 Å². The summed E-state index contributed by atoms with van der Waals surface area (Å²) in [7, 11) is 0. The summed E-state index contributed by atoms with van der Waals surface area (Å²) in [5, 5.41) is 8.25. The van der Waals surface area contributed by atoms with E-state index in [1.54, 1.807) is 12.5 Å². The van der Waals surface area contributed by atoms with E-state index in [0.29, 0.717) is 0 Å². The van der Waals surface area contributed by atoms with Gasteiger partial charge in [-0.1, -0.05) is 6.92 Å². The average molecular weight is 325 g/mol. The standard InChI is InChI=1S/C19H23N3O2/c1-5-14(4)22-18(6-7-20-22)21-19(23)10-15-11-24-17-9-13(3)12(2)8-16(15)17/h6-9,11,14H,5,10H2,1-4H3,(H,21,23). The maximum absolute atomic E-state index is 12.4. The number of amides is 1. The first-order valence-corrected chi connectivity index (χ1v) is 8.30. The number of fused-ring (bicyclic) bond motifs is 1. The molecule has 3 aromatic rings. The third-order valence-corrected chi connectivity index (χ3v) is 4.57. The summed E-state index contributed by atoms with van der Waals surface area (Å²) in [5.74, 6) is 0.662. The molecule has 0 fully saturated rings. The molecule has 1 unspecified atom stereocenters. The topological polar surface area (TPSA) is 60.1 Å². The minimum Gasteiger partial charge on any atom is -0.464 e. The van der Waals surface area contributed by atoms with Crippen LogP contribution in [0.3, 0.4) is 0 Å². The number of nitrogens with one attached hydrogen (secondary N) is 1. The molecule has 0 spiro atoms. The van der Waals surface area contributed by atoms with Gasteiger partial charge in [-0.05, 0) is 50.5 Å². The van der Waals surface area contributed by atoms with Gasteiger partial charge in [-0.15, -0.1) is 0 Å². The number of nitrogens with zero attached hydrogens (tertiary/aromatic N) is 2. The molecule has 0 bridgehead atoms. The third-order valence-electron chi connectivity index (χ3n) is 4.57. The van der Waals surface area contributed by atoms with Gasteiger partial charge < -0.3 is 9.73 Å². The molecule has 126 valence electrons. The Labute approximate surface area is 141 Å². The zero-order valence-electron chi connectivity index (χ0n) is 14.6. The summed E-state index contributed by atoms with van der Waals surface area (Å²) < 4.78 is 7.45. The Bertz CT molecular complexity index is 876. The van der Waals surface area contributed by atoms with E-state index >= 15 is 0 Å². The van der Waals surface area contributed by atoms with Crippen LogP contribution in [0.4, 0.5) is 5.82 Å². The summed E-state index contributed by atoms with van der Waals surface area (Å²) in [6.45, 7) is 8.30. The number of benzene rings is 1. The molecular formula is C19H23N3O2. The van der Waals surface area contributed by atoms with E-state index in [2.05, 4.69) is 44.2 Å². The van der Waals surface area contributed by atoms with Crippen LogP contribution in [-0.2, 0) is 11.2 Å². The number of anilines is 1. The number of rotatable bonds is 5. The Morgan fingerprint density at radius 2 is 2.08 bits per heavy atom. The second kappa shape index (κ2) is 6.51. The van der Waals surface area contributed by atoms with Crippen molar-refractivity contribution in [2.24, 2.45) is 0 Å². The van der Waals surface area contributed by atoms with Crippen molar-refractivity contribution in [2.75, 3.05) is 5.32 Å². The molecule has 0 aliphatic rings. The van der Waals surface area contributed by atoms with Crippen molar-refractivity contribution in [3.8, 4) is 0 Å². The van der Waals surface area contributed by atoms with Crippen molar-refractivity contribution >= 4 is 22.7 Å². The highest BCUT2D eigenvalue weighted by atomic mass is 16.3. The Hall–Kier alpha value is -2.56. The monoisotopic (exact) mass is 325 g/mol. The second-order valence-corrected chi connectivity index (χ2v) is 6.34. The SMILES string of the molecule is CCC(C)n1nccc1NC(=O)Cc1coc2cc(C)c(C)cc12. The molecule has 5 heteroatoms. The van der Waals surface area contributed by atoms with Crippen LogP contribution in [-0.4, -0.2) is 15.7 Å². The van der Waals surface area contributed by atoms with Crippen LogP contribution < -0.4 is 5.32 Å². The second-order valence-electron chi connectivity index (χ2n) is 6.34. The number of furan rings is 1. The highest BCUT2D eigenvalue weighted by Gasteiger charge is 2.14. The fraction of sp³-hybridized carbons (Fsp3) is 0.368. The van der Waals surface area contributed by atoms with Crippen molar-refractivity contribution in [1.82, 2.24) is 9.78 Å². The Kier molecular flexibility index (Phi) is 4.42. The van der Waals surface area contributed by atoms with Crippen LogP contribution in [0.2, 0.25) is 0 Å². The minimum absolute atomic E-state index is 0.0685. The lowest BCUT2D eigenvalue weighted by molar-refractivity contribution is -0.115. The van der Waals surface area contributed by atoms with E-state index < -0.39 is 0 Å². The molecule has 0 aliphatic carbocycles.